The Morgan fingerprint density at radius 2 is 1.81 bits per heavy atom. The zero-order valence-corrected chi connectivity index (χ0v) is 20.9. The molecule has 1 atom stereocenters. The molecule has 2 heterocycles. The molecule has 2 aliphatic rings. The Morgan fingerprint density at radius 1 is 1.12 bits per heavy atom. The van der Waals surface area contributed by atoms with Gasteiger partial charge in [-0.2, -0.15) is 0 Å². The van der Waals surface area contributed by atoms with Crippen LogP contribution in [0.1, 0.15) is 58.3 Å². The number of benzene rings is 1. The molecule has 7 heteroatoms. The molecule has 0 spiro atoms. The molecule has 0 saturated carbocycles. The van der Waals surface area contributed by atoms with E-state index in [1.807, 2.05) is 4.90 Å². The van der Waals surface area contributed by atoms with Crippen LogP contribution in [0.5, 0.6) is 0 Å². The lowest BCUT2D eigenvalue weighted by atomic mass is 9.72. The van der Waals surface area contributed by atoms with Crippen molar-refractivity contribution in [2.45, 2.75) is 40.0 Å². The van der Waals surface area contributed by atoms with Crippen molar-refractivity contribution in [1.29, 1.82) is 0 Å². The van der Waals surface area contributed by atoms with Gasteiger partial charge in [0, 0.05) is 31.1 Å². The average molecular weight is 474 g/mol. The highest BCUT2D eigenvalue weighted by Crippen LogP contribution is 2.45. The van der Waals surface area contributed by atoms with Gasteiger partial charge >= 0.3 is 0 Å². The SMILES string of the molecule is CN1CCN(C(=O)c2c(NC(=O)c3ccccc3Cl)sc3c2CCC(C(C)(C)C)C3)CC1. The summed E-state index contributed by atoms with van der Waals surface area (Å²) in [6.07, 6.45) is 2.90. The molecule has 1 saturated heterocycles. The number of anilines is 1. The van der Waals surface area contributed by atoms with Crippen LogP contribution >= 0.6 is 22.9 Å². The largest absolute Gasteiger partial charge is 0.336 e. The number of halogens is 1. The van der Waals surface area contributed by atoms with Crippen molar-refractivity contribution in [3.63, 3.8) is 0 Å². The number of rotatable bonds is 3. The Morgan fingerprint density at radius 3 is 2.47 bits per heavy atom. The number of likely N-dealkylation sites (N-methyl/N-ethyl adjacent to an activating group) is 1. The number of nitrogens with one attached hydrogen (secondary N) is 1. The molecule has 2 aromatic rings. The highest BCUT2D eigenvalue weighted by atomic mass is 35.5. The highest BCUT2D eigenvalue weighted by molar-refractivity contribution is 7.17. The van der Waals surface area contributed by atoms with Gasteiger partial charge in [0.1, 0.15) is 5.00 Å². The zero-order valence-electron chi connectivity index (χ0n) is 19.3. The van der Waals surface area contributed by atoms with Crippen LogP contribution < -0.4 is 5.32 Å². The minimum atomic E-state index is -0.269. The summed E-state index contributed by atoms with van der Waals surface area (Å²) in [4.78, 5) is 32.1. The molecule has 2 amide bonds. The first-order chi connectivity index (χ1) is 15.1. The number of carbonyl (C=O) groups excluding carboxylic acids is 2. The van der Waals surface area contributed by atoms with Crippen molar-refractivity contribution in [3.8, 4) is 0 Å². The van der Waals surface area contributed by atoms with Gasteiger partial charge in [-0.3, -0.25) is 9.59 Å². The molecular formula is C25H32ClN3O2S. The molecule has 1 aromatic heterocycles. The van der Waals surface area contributed by atoms with Crippen molar-refractivity contribution >= 4 is 39.8 Å². The molecule has 0 radical (unpaired) electrons. The number of fused-ring (bicyclic) bond motifs is 1. The van der Waals surface area contributed by atoms with E-state index >= 15 is 0 Å². The van der Waals surface area contributed by atoms with Gasteiger partial charge in [0.25, 0.3) is 11.8 Å². The third-order valence-electron chi connectivity index (χ3n) is 6.84. The third kappa shape index (κ3) is 4.73. The van der Waals surface area contributed by atoms with Crippen molar-refractivity contribution in [2.75, 3.05) is 38.5 Å². The van der Waals surface area contributed by atoms with Crippen molar-refractivity contribution in [3.05, 3.63) is 50.9 Å². The Labute approximate surface area is 199 Å². The molecule has 4 rings (SSSR count). The molecule has 5 nitrogen and oxygen atoms in total. The number of nitrogens with zero attached hydrogens (tertiary/aromatic N) is 2. The molecule has 1 aromatic carbocycles. The predicted molar refractivity (Wildman–Crippen MR) is 132 cm³/mol. The molecule has 1 N–H and O–H groups in total. The lowest BCUT2D eigenvalue weighted by Crippen LogP contribution is -2.47. The van der Waals surface area contributed by atoms with Gasteiger partial charge in [-0.25, -0.2) is 0 Å². The molecule has 1 aliphatic carbocycles. The summed E-state index contributed by atoms with van der Waals surface area (Å²) >= 11 is 7.83. The maximum atomic E-state index is 13.7. The van der Waals surface area contributed by atoms with Crippen LogP contribution in [0.2, 0.25) is 5.02 Å². The number of piperazine rings is 1. The summed E-state index contributed by atoms with van der Waals surface area (Å²) in [6, 6.07) is 7.02. The van der Waals surface area contributed by atoms with Gasteiger partial charge in [-0.05, 0) is 55.3 Å². The van der Waals surface area contributed by atoms with Crippen LogP contribution in [-0.4, -0.2) is 54.8 Å². The van der Waals surface area contributed by atoms with Crippen molar-refractivity contribution < 1.29 is 9.59 Å². The first-order valence-corrected chi connectivity index (χ1v) is 12.5. The van der Waals surface area contributed by atoms with E-state index in [0.717, 1.165) is 37.9 Å². The normalized spacial score (nSPS) is 19.5. The quantitative estimate of drug-likeness (QED) is 0.667. The van der Waals surface area contributed by atoms with Gasteiger partial charge in [-0.15, -0.1) is 11.3 Å². The van der Waals surface area contributed by atoms with Gasteiger partial charge in [0.2, 0.25) is 0 Å². The van der Waals surface area contributed by atoms with Crippen LogP contribution in [0.15, 0.2) is 24.3 Å². The molecule has 0 bridgehead atoms. The fraction of sp³-hybridized carbons (Fsp3) is 0.520. The summed E-state index contributed by atoms with van der Waals surface area (Å²) in [6.45, 7) is 10.0. The van der Waals surface area contributed by atoms with Crippen molar-refractivity contribution in [2.24, 2.45) is 11.3 Å². The molecule has 1 aliphatic heterocycles. The van der Waals surface area contributed by atoms with E-state index in [2.05, 4.69) is 38.0 Å². The van der Waals surface area contributed by atoms with Crippen LogP contribution in [0.25, 0.3) is 0 Å². The van der Waals surface area contributed by atoms with E-state index in [1.165, 1.54) is 4.88 Å². The second kappa shape index (κ2) is 9.16. The molecule has 1 fully saturated rings. The molecule has 32 heavy (non-hydrogen) atoms. The molecule has 172 valence electrons. The summed E-state index contributed by atoms with van der Waals surface area (Å²) in [7, 11) is 2.08. The van der Waals surface area contributed by atoms with E-state index in [9.17, 15) is 9.59 Å². The maximum absolute atomic E-state index is 13.7. The third-order valence-corrected chi connectivity index (χ3v) is 8.34. The van der Waals surface area contributed by atoms with Gasteiger partial charge in [0.15, 0.2) is 0 Å². The summed E-state index contributed by atoms with van der Waals surface area (Å²) in [5.41, 5.74) is 2.46. The first kappa shape index (κ1) is 23.3. The van der Waals surface area contributed by atoms with Crippen LogP contribution in [0.3, 0.4) is 0 Å². The number of amides is 2. The second-order valence-corrected chi connectivity index (χ2v) is 11.6. The topological polar surface area (TPSA) is 52.6 Å². The summed E-state index contributed by atoms with van der Waals surface area (Å²) < 4.78 is 0. The summed E-state index contributed by atoms with van der Waals surface area (Å²) in [5.74, 6) is 0.334. The minimum Gasteiger partial charge on any atom is -0.336 e. The lowest BCUT2D eigenvalue weighted by Gasteiger charge is -2.35. The molecule has 1 unspecified atom stereocenters. The van der Waals surface area contributed by atoms with E-state index in [4.69, 9.17) is 11.6 Å². The fourth-order valence-corrected chi connectivity index (χ4v) is 6.16. The highest BCUT2D eigenvalue weighted by Gasteiger charge is 2.35. The van der Waals surface area contributed by atoms with Gasteiger partial charge < -0.3 is 15.1 Å². The minimum absolute atomic E-state index is 0.0410. The van der Waals surface area contributed by atoms with E-state index < -0.39 is 0 Å². The Hall–Kier alpha value is -1.89. The number of hydrogen-bond acceptors (Lipinski definition) is 4. The predicted octanol–water partition coefficient (Wildman–Crippen LogP) is 5.19. The number of carbonyl (C=O) groups is 2. The van der Waals surface area contributed by atoms with Crippen LogP contribution in [-0.2, 0) is 12.8 Å². The fourth-order valence-electron chi connectivity index (χ4n) is 4.62. The van der Waals surface area contributed by atoms with Gasteiger partial charge in [0.05, 0.1) is 16.1 Å². The van der Waals surface area contributed by atoms with E-state index in [-0.39, 0.29) is 17.2 Å². The lowest BCUT2D eigenvalue weighted by molar-refractivity contribution is 0.0664. The van der Waals surface area contributed by atoms with E-state index in [1.54, 1.807) is 35.6 Å². The Balaban J connectivity index is 1.68. The number of hydrogen-bond donors (Lipinski definition) is 1. The van der Waals surface area contributed by atoms with Crippen LogP contribution in [0, 0.1) is 11.3 Å². The number of thiophene rings is 1. The second-order valence-electron chi connectivity index (χ2n) is 10.0. The Kier molecular flexibility index (Phi) is 6.66. The molecular weight excluding hydrogens is 442 g/mol. The van der Waals surface area contributed by atoms with Gasteiger partial charge in [-0.1, -0.05) is 44.5 Å². The smallest absolute Gasteiger partial charge is 0.257 e. The summed E-state index contributed by atoms with van der Waals surface area (Å²) in [5, 5.41) is 4.12. The monoisotopic (exact) mass is 473 g/mol. The average Bonchev–Trinajstić information content (AvgIpc) is 3.10. The zero-order chi connectivity index (χ0) is 23.0. The van der Waals surface area contributed by atoms with Crippen molar-refractivity contribution in [1.82, 2.24) is 9.80 Å². The van der Waals surface area contributed by atoms with Crippen LogP contribution in [0.4, 0.5) is 5.00 Å². The van der Waals surface area contributed by atoms with E-state index in [0.29, 0.717) is 40.2 Å². The first-order valence-electron chi connectivity index (χ1n) is 11.3. The standard InChI is InChI=1S/C25H32ClN3O2S/c1-25(2,3)16-9-10-18-20(15-16)32-23(27-22(30)17-7-5-6-8-19(17)26)21(18)24(31)29-13-11-28(4)12-14-29/h5-8,16H,9-15H2,1-4H3,(H,27,30). The maximum Gasteiger partial charge on any atom is 0.257 e. The Bertz CT molecular complexity index is 1020.